The first kappa shape index (κ1) is 24.9. The molecule has 6 nitrogen and oxygen atoms in total. The van der Waals surface area contributed by atoms with E-state index in [2.05, 4.69) is 60.2 Å². The second kappa shape index (κ2) is 10.6. The van der Waals surface area contributed by atoms with Crippen molar-refractivity contribution < 1.29 is 17.9 Å². The Morgan fingerprint density at radius 2 is 1.44 bits per heavy atom. The van der Waals surface area contributed by atoms with Crippen LogP contribution in [0.4, 0.5) is 0 Å². The molecule has 0 amide bonds. The highest BCUT2D eigenvalue weighted by atomic mass is 79.9. The molecule has 0 bridgehead atoms. The predicted octanol–water partition coefficient (Wildman–Crippen LogP) is 4.46. The van der Waals surface area contributed by atoms with Crippen LogP contribution in [-0.4, -0.2) is 60.5 Å². The van der Waals surface area contributed by atoms with Crippen molar-refractivity contribution in [2.75, 3.05) is 26.7 Å². The number of rotatable bonds is 12. The summed E-state index contributed by atoms with van der Waals surface area (Å²) in [5.41, 5.74) is 0. The first-order valence-electron chi connectivity index (χ1n) is 9.08. The molecule has 0 aliphatic rings. The predicted molar refractivity (Wildman–Crippen MR) is 119 cm³/mol. The van der Waals surface area contributed by atoms with Crippen LogP contribution in [0.3, 0.4) is 0 Å². The molecule has 0 unspecified atom stereocenters. The van der Waals surface area contributed by atoms with E-state index in [1.807, 2.05) is 0 Å². The van der Waals surface area contributed by atoms with Crippen molar-refractivity contribution in [1.82, 2.24) is 9.29 Å². The van der Waals surface area contributed by atoms with E-state index in [1.165, 1.54) is 16.6 Å². The van der Waals surface area contributed by atoms with Gasteiger partial charge in [-0.15, -0.1) is 4.31 Å². The molecule has 10 heteroatoms. The van der Waals surface area contributed by atoms with Crippen molar-refractivity contribution in [2.24, 2.45) is 0 Å². The molecule has 1 aromatic heterocycles. The quantitative estimate of drug-likeness (QED) is 0.242. The van der Waals surface area contributed by atoms with Crippen LogP contribution in [0.2, 0.25) is 51.4 Å². The van der Waals surface area contributed by atoms with E-state index in [-0.39, 0.29) is 18.5 Å². The Bertz CT molecular complexity index is 652. The number of ether oxygens (including phenoxy) is 2. The van der Waals surface area contributed by atoms with E-state index in [0.717, 1.165) is 16.6 Å². The average molecular weight is 498 g/mol. The van der Waals surface area contributed by atoms with Crippen LogP contribution in [0.25, 0.3) is 0 Å². The van der Waals surface area contributed by atoms with Crippen LogP contribution in [0.1, 0.15) is 0 Å². The molecule has 0 N–H and O–H groups in total. The normalized spacial score (nSPS) is 13.3. The summed E-state index contributed by atoms with van der Waals surface area (Å²) in [5.74, 6) is 0. The van der Waals surface area contributed by atoms with Gasteiger partial charge in [0.05, 0.1) is 0 Å². The van der Waals surface area contributed by atoms with Crippen molar-refractivity contribution in [3.8, 4) is 0 Å². The molecule has 0 fully saturated rings. The van der Waals surface area contributed by atoms with Crippen LogP contribution < -0.4 is 0 Å². The third kappa shape index (κ3) is 10.3. The summed E-state index contributed by atoms with van der Waals surface area (Å²) >= 11 is 3.28. The van der Waals surface area contributed by atoms with E-state index >= 15 is 0 Å². The SMILES string of the molecule is C[Si](C)(C)CCOCN(COCC[Si](C)(C)C)S(=O)(=O)c1ccc(Br)cn1. The number of pyridine rings is 1. The van der Waals surface area contributed by atoms with Gasteiger partial charge in [0.2, 0.25) is 0 Å². The standard InChI is InChI=1S/C17H33BrN2O4SSi2/c1-26(2,3)11-9-23-14-20(15-24-10-12-27(4,5)6)25(21,22)17-8-7-16(18)13-19-17/h7-8,13H,9-12,14-15H2,1-6H3. The van der Waals surface area contributed by atoms with E-state index in [0.29, 0.717) is 13.2 Å². The summed E-state index contributed by atoms with van der Waals surface area (Å²) < 4.78 is 39.2. The minimum Gasteiger partial charge on any atom is -0.365 e. The summed E-state index contributed by atoms with van der Waals surface area (Å²) in [6.07, 6.45) is 1.48. The summed E-state index contributed by atoms with van der Waals surface area (Å²) in [4.78, 5) is 4.03. The Morgan fingerprint density at radius 1 is 0.963 bits per heavy atom. The lowest BCUT2D eigenvalue weighted by Crippen LogP contribution is -2.37. The van der Waals surface area contributed by atoms with Crippen molar-refractivity contribution in [2.45, 2.75) is 56.4 Å². The largest absolute Gasteiger partial charge is 0.365 e. The van der Waals surface area contributed by atoms with Gasteiger partial charge in [0.1, 0.15) is 13.5 Å². The summed E-state index contributed by atoms with van der Waals surface area (Å²) in [5, 5.41) is -0.00621. The molecule has 0 radical (unpaired) electrons. The molecule has 0 saturated carbocycles. The molecular formula is C17H33BrN2O4SSi2. The van der Waals surface area contributed by atoms with Gasteiger partial charge in [-0.1, -0.05) is 39.3 Å². The molecule has 1 heterocycles. The van der Waals surface area contributed by atoms with Gasteiger partial charge >= 0.3 is 0 Å². The molecule has 0 atom stereocenters. The summed E-state index contributed by atoms with van der Waals surface area (Å²) in [6.45, 7) is 14.6. The van der Waals surface area contributed by atoms with E-state index < -0.39 is 26.2 Å². The minimum absolute atomic E-state index is 0.00621. The van der Waals surface area contributed by atoms with Gasteiger partial charge in [-0.3, -0.25) is 0 Å². The highest BCUT2D eigenvalue weighted by Crippen LogP contribution is 2.17. The molecular weight excluding hydrogens is 464 g/mol. The monoisotopic (exact) mass is 496 g/mol. The fraction of sp³-hybridized carbons (Fsp3) is 0.706. The first-order valence-corrected chi connectivity index (χ1v) is 18.7. The maximum Gasteiger partial charge on any atom is 0.264 e. The van der Waals surface area contributed by atoms with Crippen LogP contribution in [0, 0.1) is 0 Å². The Morgan fingerprint density at radius 3 is 1.81 bits per heavy atom. The molecule has 0 aliphatic heterocycles. The van der Waals surface area contributed by atoms with Gasteiger partial charge in [-0.2, -0.15) is 0 Å². The number of hydrogen-bond donors (Lipinski definition) is 0. The van der Waals surface area contributed by atoms with Gasteiger partial charge in [-0.05, 0) is 40.2 Å². The Labute approximate surface area is 174 Å². The molecule has 0 saturated heterocycles. The third-order valence-electron chi connectivity index (χ3n) is 3.77. The van der Waals surface area contributed by atoms with E-state index in [1.54, 1.807) is 6.07 Å². The second-order valence-corrected chi connectivity index (χ2v) is 23.0. The zero-order valence-electron chi connectivity index (χ0n) is 17.3. The maximum absolute atomic E-state index is 12.9. The Hall–Kier alpha value is -0.106. The highest BCUT2D eigenvalue weighted by Gasteiger charge is 2.27. The van der Waals surface area contributed by atoms with Gasteiger partial charge in [0.25, 0.3) is 10.0 Å². The van der Waals surface area contributed by atoms with Crippen molar-refractivity contribution >= 4 is 42.1 Å². The van der Waals surface area contributed by atoms with Crippen LogP contribution in [0.5, 0.6) is 0 Å². The number of aromatic nitrogens is 1. The topological polar surface area (TPSA) is 68.7 Å². The molecule has 27 heavy (non-hydrogen) atoms. The van der Waals surface area contributed by atoms with Gasteiger partial charge in [0.15, 0.2) is 5.03 Å². The van der Waals surface area contributed by atoms with Crippen molar-refractivity contribution in [3.05, 3.63) is 22.8 Å². The van der Waals surface area contributed by atoms with Gasteiger partial charge < -0.3 is 9.47 Å². The van der Waals surface area contributed by atoms with Crippen LogP contribution >= 0.6 is 15.9 Å². The van der Waals surface area contributed by atoms with E-state index in [4.69, 9.17) is 9.47 Å². The fourth-order valence-electron chi connectivity index (χ4n) is 1.91. The lowest BCUT2D eigenvalue weighted by Gasteiger charge is -2.23. The minimum atomic E-state index is -3.78. The maximum atomic E-state index is 12.9. The number of halogens is 1. The molecule has 1 rings (SSSR count). The summed E-state index contributed by atoms with van der Waals surface area (Å²) in [6, 6.07) is 5.11. The van der Waals surface area contributed by atoms with Crippen molar-refractivity contribution in [1.29, 1.82) is 0 Å². The second-order valence-electron chi connectivity index (χ2n) is 8.97. The highest BCUT2D eigenvalue weighted by molar-refractivity contribution is 9.10. The van der Waals surface area contributed by atoms with Crippen LogP contribution in [-0.2, 0) is 19.5 Å². The molecule has 156 valence electrons. The zero-order valence-corrected chi connectivity index (χ0v) is 21.7. The van der Waals surface area contributed by atoms with Gasteiger partial charge in [0, 0.05) is 40.0 Å². The van der Waals surface area contributed by atoms with Crippen LogP contribution in [0.15, 0.2) is 27.8 Å². The average Bonchev–Trinajstić information content (AvgIpc) is 2.51. The fourth-order valence-corrected chi connectivity index (χ4v) is 4.78. The van der Waals surface area contributed by atoms with E-state index in [9.17, 15) is 8.42 Å². The Balaban J connectivity index is 2.77. The van der Waals surface area contributed by atoms with Gasteiger partial charge in [-0.25, -0.2) is 13.4 Å². The molecule has 1 aromatic rings. The number of hydrogen-bond acceptors (Lipinski definition) is 5. The number of nitrogens with zero attached hydrogens (tertiary/aromatic N) is 2. The lowest BCUT2D eigenvalue weighted by atomic mass is 10.5. The summed E-state index contributed by atoms with van der Waals surface area (Å²) in [7, 11) is -6.25. The van der Waals surface area contributed by atoms with Crippen molar-refractivity contribution in [3.63, 3.8) is 0 Å². The smallest absolute Gasteiger partial charge is 0.264 e. The lowest BCUT2D eigenvalue weighted by molar-refractivity contribution is 0.00802. The first-order chi connectivity index (χ1) is 12.3. The zero-order chi connectivity index (χ0) is 20.7. The Kier molecular flexibility index (Phi) is 9.79. The molecule has 0 aromatic carbocycles. The number of sulfonamides is 1. The third-order valence-corrected chi connectivity index (χ3v) is 9.31. The molecule has 0 aliphatic carbocycles. The molecule has 0 spiro atoms.